The molecule has 2 fully saturated rings. The average molecular weight is 417 g/mol. The van der Waals surface area contributed by atoms with E-state index in [1.807, 2.05) is 0 Å². The molecule has 1 N–H and O–H groups in total. The number of aliphatic hydroxyl groups excluding tert-OH is 1. The molecule has 0 radical (unpaired) electrons. The number of amides is 1. The zero-order chi connectivity index (χ0) is 21.6. The predicted octanol–water partition coefficient (Wildman–Crippen LogP) is 0.514. The maximum absolute atomic E-state index is 13.1. The molecular weight excluding hydrogens is 393 g/mol. The Morgan fingerprint density at radius 3 is 2.37 bits per heavy atom. The van der Waals surface area contributed by atoms with Crippen LogP contribution in [-0.4, -0.2) is 50.3 Å². The van der Waals surface area contributed by atoms with Gasteiger partial charge in [-0.3, -0.25) is 18.7 Å². The Labute approximate surface area is 172 Å². The van der Waals surface area contributed by atoms with Crippen LogP contribution >= 0.6 is 0 Å². The summed E-state index contributed by atoms with van der Waals surface area (Å²) >= 11 is 0. The molecule has 9 heteroatoms. The number of hydrogen-bond acceptors (Lipinski definition) is 5. The molecule has 8 nitrogen and oxygen atoms in total. The number of benzene rings is 1. The second-order valence-corrected chi connectivity index (χ2v) is 8.15. The third kappa shape index (κ3) is 3.65. The number of carbonyl (C=O) groups is 1. The van der Waals surface area contributed by atoms with Gasteiger partial charge >= 0.3 is 5.69 Å². The first-order chi connectivity index (χ1) is 14.2. The lowest BCUT2D eigenvalue weighted by molar-refractivity contribution is -0.0231. The van der Waals surface area contributed by atoms with E-state index in [9.17, 15) is 23.9 Å². The predicted molar refractivity (Wildman–Crippen MR) is 106 cm³/mol. The second kappa shape index (κ2) is 7.71. The molecule has 1 aliphatic carbocycles. The normalized spacial score (nSPS) is 25.8. The van der Waals surface area contributed by atoms with Gasteiger partial charge in [0, 0.05) is 33.3 Å². The number of aliphatic hydroxyl groups is 1. The standard InChI is InChI=1S/C21H24FN3O5/c1-23-16(9-19(27)24(2)21(23)29)20(28)25-10-12-7-17(26)18(8-13(12)11-25)30-15-5-3-14(22)4-6-15/h3-6,9,12-13,17-18,26H,7-8,10-11H2,1-2H3/t12-,13+,17+,18+/m0/s1. The van der Waals surface area contributed by atoms with Crippen LogP contribution in [0.3, 0.4) is 0 Å². The average Bonchev–Trinajstić information content (AvgIpc) is 3.13. The van der Waals surface area contributed by atoms with Crippen LogP contribution in [0.5, 0.6) is 5.75 Å². The summed E-state index contributed by atoms with van der Waals surface area (Å²) in [6.07, 6.45) is -0.0991. The van der Waals surface area contributed by atoms with Crippen molar-refractivity contribution in [2.45, 2.75) is 25.0 Å². The van der Waals surface area contributed by atoms with Gasteiger partial charge < -0.3 is 14.7 Å². The Balaban J connectivity index is 1.48. The highest BCUT2D eigenvalue weighted by Crippen LogP contribution is 2.38. The minimum absolute atomic E-state index is 0.0569. The largest absolute Gasteiger partial charge is 0.488 e. The smallest absolute Gasteiger partial charge is 0.331 e. The van der Waals surface area contributed by atoms with Crippen LogP contribution in [0.2, 0.25) is 0 Å². The number of carbonyl (C=O) groups excluding carboxylic acids is 1. The summed E-state index contributed by atoms with van der Waals surface area (Å²) in [6, 6.07) is 6.83. The molecule has 1 aromatic carbocycles. The Hall–Kier alpha value is -2.94. The Morgan fingerprint density at radius 2 is 1.70 bits per heavy atom. The van der Waals surface area contributed by atoms with Gasteiger partial charge in [-0.25, -0.2) is 9.18 Å². The zero-order valence-electron chi connectivity index (χ0n) is 16.8. The van der Waals surface area contributed by atoms with E-state index in [1.165, 1.54) is 49.0 Å². The minimum Gasteiger partial charge on any atom is -0.488 e. The Morgan fingerprint density at radius 1 is 1.07 bits per heavy atom. The highest BCUT2D eigenvalue weighted by Gasteiger charge is 2.44. The van der Waals surface area contributed by atoms with Crippen molar-refractivity contribution in [3.05, 3.63) is 62.7 Å². The molecule has 1 saturated heterocycles. The van der Waals surface area contributed by atoms with Gasteiger partial charge in [-0.15, -0.1) is 0 Å². The topological polar surface area (TPSA) is 93.8 Å². The molecule has 2 heterocycles. The van der Waals surface area contributed by atoms with Crippen molar-refractivity contribution in [2.75, 3.05) is 13.1 Å². The van der Waals surface area contributed by atoms with E-state index >= 15 is 0 Å². The van der Waals surface area contributed by atoms with Crippen LogP contribution in [0, 0.1) is 17.7 Å². The molecule has 4 atom stereocenters. The number of fused-ring (bicyclic) bond motifs is 1. The SMILES string of the molecule is Cn1c(C(=O)N2C[C@H]3C[C@@H](Oc4ccc(F)cc4)[C@H](O)C[C@H]3C2)cc(=O)n(C)c1=O. The Bertz CT molecular complexity index is 1080. The van der Waals surface area contributed by atoms with Gasteiger partial charge in [-0.1, -0.05) is 0 Å². The first-order valence-electron chi connectivity index (χ1n) is 9.91. The molecule has 160 valence electrons. The molecule has 2 aromatic rings. The van der Waals surface area contributed by atoms with Gasteiger partial charge in [0.05, 0.1) is 6.10 Å². The quantitative estimate of drug-likeness (QED) is 0.786. The molecule has 1 saturated carbocycles. The summed E-state index contributed by atoms with van der Waals surface area (Å²) in [5.41, 5.74) is -1.02. The molecule has 1 aromatic heterocycles. The number of ether oxygens (including phenoxy) is 1. The van der Waals surface area contributed by atoms with Crippen molar-refractivity contribution < 1.29 is 19.0 Å². The van der Waals surface area contributed by atoms with E-state index in [2.05, 4.69) is 0 Å². The fourth-order valence-electron chi connectivity index (χ4n) is 4.47. The number of aromatic nitrogens is 2. The molecule has 30 heavy (non-hydrogen) atoms. The minimum atomic E-state index is -0.695. The summed E-state index contributed by atoms with van der Waals surface area (Å²) in [7, 11) is 2.83. The monoisotopic (exact) mass is 417 g/mol. The number of halogens is 1. The maximum atomic E-state index is 13.1. The third-order valence-corrected chi connectivity index (χ3v) is 6.22. The second-order valence-electron chi connectivity index (χ2n) is 8.15. The van der Waals surface area contributed by atoms with E-state index < -0.39 is 23.5 Å². The van der Waals surface area contributed by atoms with Crippen LogP contribution in [0.25, 0.3) is 0 Å². The van der Waals surface area contributed by atoms with E-state index in [0.717, 1.165) is 4.57 Å². The molecule has 1 amide bonds. The van der Waals surface area contributed by atoms with Gasteiger partial charge in [0.15, 0.2) is 0 Å². The van der Waals surface area contributed by atoms with Crippen molar-refractivity contribution in [3.63, 3.8) is 0 Å². The summed E-state index contributed by atoms with van der Waals surface area (Å²) in [4.78, 5) is 38.8. The Kier molecular flexibility index (Phi) is 5.23. The zero-order valence-corrected chi connectivity index (χ0v) is 16.8. The van der Waals surface area contributed by atoms with Gasteiger partial charge in [0.2, 0.25) is 0 Å². The van der Waals surface area contributed by atoms with Gasteiger partial charge in [0.25, 0.3) is 11.5 Å². The van der Waals surface area contributed by atoms with Crippen LogP contribution < -0.4 is 16.0 Å². The molecule has 1 aliphatic heterocycles. The summed E-state index contributed by atoms with van der Waals surface area (Å²) < 4.78 is 21.1. The lowest BCUT2D eigenvalue weighted by Crippen LogP contribution is -2.42. The van der Waals surface area contributed by atoms with Gasteiger partial charge in [-0.05, 0) is 48.9 Å². The first kappa shape index (κ1) is 20.3. The summed E-state index contributed by atoms with van der Waals surface area (Å²) in [5.74, 6) is 0.000752. The van der Waals surface area contributed by atoms with Crippen LogP contribution in [-0.2, 0) is 14.1 Å². The van der Waals surface area contributed by atoms with E-state index in [1.54, 1.807) is 4.90 Å². The molecule has 0 bridgehead atoms. The number of rotatable bonds is 3. The fraction of sp³-hybridized carbons (Fsp3) is 0.476. The molecule has 0 unspecified atom stereocenters. The van der Waals surface area contributed by atoms with E-state index in [-0.39, 0.29) is 29.3 Å². The van der Waals surface area contributed by atoms with Crippen LogP contribution in [0.15, 0.2) is 39.9 Å². The van der Waals surface area contributed by atoms with Crippen molar-refractivity contribution in [1.29, 1.82) is 0 Å². The highest BCUT2D eigenvalue weighted by molar-refractivity contribution is 5.92. The summed E-state index contributed by atoms with van der Waals surface area (Å²) in [6.45, 7) is 0.913. The number of likely N-dealkylation sites (tertiary alicyclic amines) is 1. The molecule has 0 spiro atoms. The van der Waals surface area contributed by atoms with Crippen molar-refractivity contribution in [3.8, 4) is 5.75 Å². The van der Waals surface area contributed by atoms with E-state index in [4.69, 9.17) is 4.74 Å². The van der Waals surface area contributed by atoms with Gasteiger partial charge in [-0.2, -0.15) is 0 Å². The van der Waals surface area contributed by atoms with Crippen LogP contribution in [0.4, 0.5) is 4.39 Å². The number of nitrogens with zero attached hydrogens (tertiary/aromatic N) is 3. The van der Waals surface area contributed by atoms with Crippen molar-refractivity contribution in [2.24, 2.45) is 25.9 Å². The first-order valence-corrected chi connectivity index (χ1v) is 9.91. The van der Waals surface area contributed by atoms with Crippen molar-refractivity contribution >= 4 is 5.91 Å². The summed E-state index contributed by atoms with van der Waals surface area (Å²) in [5, 5.41) is 10.5. The lowest BCUT2D eigenvalue weighted by Gasteiger charge is -2.35. The fourth-order valence-corrected chi connectivity index (χ4v) is 4.47. The highest BCUT2D eigenvalue weighted by atomic mass is 19.1. The maximum Gasteiger partial charge on any atom is 0.331 e. The van der Waals surface area contributed by atoms with E-state index in [0.29, 0.717) is 31.7 Å². The molecule has 4 rings (SSSR count). The third-order valence-electron chi connectivity index (χ3n) is 6.22. The molecule has 2 aliphatic rings. The van der Waals surface area contributed by atoms with Gasteiger partial charge in [0.1, 0.15) is 23.4 Å². The van der Waals surface area contributed by atoms with Crippen molar-refractivity contribution in [1.82, 2.24) is 14.0 Å². The number of hydrogen-bond donors (Lipinski definition) is 1. The van der Waals surface area contributed by atoms with Crippen LogP contribution in [0.1, 0.15) is 23.3 Å². The lowest BCUT2D eigenvalue weighted by atomic mass is 9.78. The molecular formula is C21H24FN3O5.